The number of benzene rings is 1. The van der Waals surface area contributed by atoms with Gasteiger partial charge in [0.1, 0.15) is 29.4 Å². The molecule has 0 radical (unpaired) electrons. The van der Waals surface area contributed by atoms with Crippen molar-refractivity contribution in [3.05, 3.63) is 58.6 Å². The number of nitrogens with zero attached hydrogens (tertiary/aromatic N) is 5. The lowest BCUT2D eigenvalue weighted by Gasteiger charge is -2.30. The Morgan fingerprint density at radius 1 is 1.38 bits per heavy atom. The molecule has 1 aliphatic rings. The van der Waals surface area contributed by atoms with Crippen molar-refractivity contribution in [3.8, 4) is 11.3 Å². The maximum absolute atomic E-state index is 14.5. The minimum atomic E-state index is -0.337. The molecule has 1 aliphatic heterocycles. The highest BCUT2D eigenvalue weighted by atomic mass is 19.1. The third-order valence-electron chi connectivity index (χ3n) is 5.32. The van der Waals surface area contributed by atoms with Gasteiger partial charge in [-0.05, 0) is 25.5 Å². The predicted octanol–water partition coefficient (Wildman–Crippen LogP) is 3.23. The predicted molar refractivity (Wildman–Crippen MR) is 111 cm³/mol. The summed E-state index contributed by atoms with van der Waals surface area (Å²) in [4.78, 5) is 14.2. The minimum absolute atomic E-state index is 0.337. The topological polar surface area (TPSA) is 86.0 Å². The van der Waals surface area contributed by atoms with Crippen molar-refractivity contribution in [2.45, 2.75) is 33.2 Å². The molecule has 1 aromatic carbocycles. The lowest BCUT2D eigenvalue weighted by Crippen LogP contribution is -2.37. The SMILES string of the molecule is CCc1nn(C)c2c1CN(C(=NC=N)c1[nH]c(C)nc1-c1ccccc1F)CC2. The average Bonchev–Trinajstić information content (AvgIpc) is 3.26. The van der Waals surface area contributed by atoms with Crippen molar-refractivity contribution < 1.29 is 4.39 Å². The second-order valence-electron chi connectivity index (χ2n) is 7.13. The van der Waals surface area contributed by atoms with Crippen LogP contribution in [0.4, 0.5) is 4.39 Å². The number of fused-ring (bicyclic) bond motifs is 1. The van der Waals surface area contributed by atoms with E-state index in [9.17, 15) is 4.39 Å². The molecule has 0 bridgehead atoms. The zero-order valence-corrected chi connectivity index (χ0v) is 16.8. The molecule has 3 heterocycles. The Hall–Kier alpha value is -3.29. The number of hydrogen-bond donors (Lipinski definition) is 2. The van der Waals surface area contributed by atoms with E-state index in [0.717, 1.165) is 31.4 Å². The van der Waals surface area contributed by atoms with Gasteiger partial charge in [0.05, 0.1) is 5.69 Å². The van der Waals surface area contributed by atoms with Crippen LogP contribution in [0.2, 0.25) is 0 Å². The molecule has 0 unspecified atom stereocenters. The highest BCUT2D eigenvalue weighted by molar-refractivity contribution is 6.05. The highest BCUT2D eigenvalue weighted by Gasteiger charge is 2.28. The van der Waals surface area contributed by atoms with E-state index in [1.165, 1.54) is 17.3 Å². The average molecular weight is 393 g/mol. The number of aromatic nitrogens is 4. The first-order chi connectivity index (χ1) is 14.0. The van der Waals surface area contributed by atoms with Gasteiger partial charge in [-0.15, -0.1) is 0 Å². The third-order valence-corrected chi connectivity index (χ3v) is 5.32. The van der Waals surface area contributed by atoms with E-state index in [0.29, 0.717) is 35.2 Å². The Morgan fingerprint density at radius 3 is 2.90 bits per heavy atom. The summed E-state index contributed by atoms with van der Waals surface area (Å²) < 4.78 is 16.5. The second kappa shape index (κ2) is 7.62. The van der Waals surface area contributed by atoms with Crippen molar-refractivity contribution >= 4 is 12.2 Å². The fraction of sp³-hybridized carbons (Fsp3) is 0.333. The fourth-order valence-electron chi connectivity index (χ4n) is 4.00. The summed E-state index contributed by atoms with van der Waals surface area (Å²) in [5, 5.41) is 12.2. The van der Waals surface area contributed by atoms with Crippen LogP contribution >= 0.6 is 0 Å². The van der Waals surface area contributed by atoms with E-state index in [2.05, 4.69) is 31.9 Å². The molecular formula is C21H24FN7. The summed E-state index contributed by atoms with van der Waals surface area (Å²) in [6.45, 7) is 5.31. The second-order valence-corrected chi connectivity index (χ2v) is 7.13. The van der Waals surface area contributed by atoms with E-state index < -0.39 is 0 Å². The lowest BCUT2D eigenvalue weighted by molar-refractivity contribution is 0.387. The maximum atomic E-state index is 14.5. The van der Waals surface area contributed by atoms with Crippen LogP contribution in [0, 0.1) is 18.2 Å². The van der Waals surface area contributed by atoms with E-state index in [1.54, 1.807) is 18.2 Å². The van der Waals surface area contributed by atoms with Gasteiger partial charge in [-0.1, -0.05) is 19.1 Å². The smallest absolute Gasteiger partial charge is 0.156 e. The number of H-pyrrole nitrogens is 1. The van der Waals surface area contributed by atoms with Crippen molar-refractivity contribution in [2.75, 3.05) is 6.54 Å². The van der Waals surface area contributed by atoms with E-state index >= 15 is 0 Å². The van der Waals surface area contributed by atoms with Crippen LogP contribution in [0.1, 0.15) is 35.4 Å². The number of imidazole rings is 1. The van der Waals surface area contributed by atoms with E-state index in [4.69, 9.17) is 5.41 Å². The largest absolute Gasteiger partial charge is 0.350 e. The van der Waals surface area contributed by atoms with Gasteiger partial charge < -0.3 is 9.88 Å². The standard InChI is InChI=1S/C21H24FN7/c1-4-17-15-11-29(10-9-18(15)28(3)27-17)21(24-12-23)20-19(25-13(2)26-20)14-7-5-6-8-16(14)22/h5-8,12,23H,4,9-11H2,1-3H3,(H,25,26). The number of aryl methyl sites for hydroxylation is 3. The molecular weight excluding hydrogens is 369 g/mol. The molecule has 2 aromatic heterocycles. The summed E-state index contributed by atoms with van der Waals surface area (Å²) in [7, 11) is 1.98. The molecule has 29 heavy (non-hydrogen) atoms. The lowest BCUT2D eigenvalue weighted by atomic mass is 10.0. The molecule has 0 saturated carbocycles. The first-order valence-corrected chi connectivity index (χ1v) is 9.70. The van der Waals surface area contributed by atoms with Crippen molar-refractivity contribution in [2.24, 2.45) is 12.0 Å². The van der Waals surface area contributed by atoms with Gasteiger partial charge in [-0.25, -0.2) is 14.4 Å². The Morgan fingerprint density at radius 2 is 2.17 bits per heavy atom. The van der Waals surface area contributed by atoms with E-state index in [1.807, 2.05) is 18.7 Å². The minimum Gasteiger partial charge on any atom is -0.350 e. The molecule has 0 spiro atoms. The van der Waals surface area contributed by atoms with Crippen LogP contribution in [0.15, 0.2) is 29.3 Å². The molecule has 3 aromatic rings. The van der Waals surface area contributed by atoms with Gasteiger partial charge in [0.2, 0.25) is 0 Å². The summed E-state index contributed by atoms with van der Waals surface area (Å²) in [5.41, 5.74) is 5.08. The van der Waals surface area contributed by atoms with Gasteiger partial charge >= 0.3 is 0 Å². The number of hydrogen-bond acceptors (Lipinski definition) is 3. The number of rotatable bonds is 4. The van der Waals surface area contributed by atoms with Gasteiger partial charge in [-0.3, -0.25) is 10.1 Å². The number of aliphatic imine (C=N–C) groups is 1. The van der Waals surface area contributed by atoms with Gasteiger partial charge in [0.15, 0.2) is 5.84 Å². The summed E-state index contributed by atoms with van der Waals surface area (Å²) >= 11 is 0. The third kappa shape index (κ3) is 3.35. The number of halogens is 1. The molecule has 0 fully saturated rings. The van der Waals surface area contributed by atoms with Crippen LogP contribution in [-0.2, 0) is 26.4 Å². The van der Waals surface area contributed by atoms with Gasteiger partial charge in [0, 0.05) is 43.4 Å². The zero-order chi connectivity index (χ0) is 20.5. The maximum Gasteiger partial charge on any atom is 0.156 e. The molecule has 4 rings (SSSR count). The van der Waals surface area contributed by atoms with E-state index in [-0.39, 0.29) is 5.82 Å². The first-order valence-electron chi connectivity index (χ1n) is 9.70. The first kappa shape index (κ1) is 19.0. The quantitative estimate of drug-likeness (QED) is 0.527. The Labute approximate surface area is 168 Å². The van der Waals surface area contributed by atoms with Gasteiger partial charge in [-0.2, -0.15) is 5.10 Å². The number of amidine groups is 1. The van der Waals surface area contributed by atoms with Crippen molar-refractivity contribution in [3.63, 3.8) is 0 Å². The monoisotopic (exact) mass is 393 g/mol. The molecule has 150 valence electrons. The summed E-state index contributed by atoms with van der Waals surface area (Å²) in [6.07, 6.45) is 2.71. The highest BCUT2D eigenvalue weighted by Crippen LogP contribution is 2.29. The van der Waals surface area contributed by atoms with Crippen LogP contribution in [-0.4, -0.2) is 43.4 Å². The molecule has 0 amide bonds. The Balaban J connectivity index is 1.78. The van der Waals surface area contributed by atoms with Crippen molar-refractivity contribution in [1.82, 2.24) is 24.6 Å². The van der Waals surface area contributed by atoms with Crippen LogP contribution in [0.3, 0.4) is 0 Å². The van der Waals surface area contributed by atoms with Gasteiger partial charge in [0.25, 0.3) is 0 Å². The number of nitrogens with one attached hydrogen (secondary N) is 2. The molecule has 7 nitrogen and oxygen atoms in total. The molecule has 0 atom stereocenters. The number of aromatic amines is 1. The summed E-state index contributed by atoms with van der Waals surface area (Å²) in [5.74, 6) is 0.926. The Bertz CT molecular complexity index is 1090. The molecule has 0 aliphatic carbocycles. The zero-order valence-electron chi connectivity index (χ0n) is 16.8. The summed E-state index contributed by atoms with van der Waals surface area (Å²) in [6, 6.07) is 6.58. The van der Waals surface area contributed by atoms with Crippen molar-refractivity contribution in [1.29, 1.82) is 5.41 Å². The molecule has 2 N–H and O–H groups in total. The Kier molecular flexibility index (Phi) is 5.00. The normalized spacial score (nSPS) is 14.2. The van der Waals surface area contributed by atoms with Crippen LogP contribution in [0.25, 0.3) is 11.3 Å². The van der Waals surface area contributed by atoms with Crippen LogP contribution in [0.5, 0.6) is 0 Å². The molecule has 0 saturated heterocycles. The fourth-order valence-corrected chi connectivity index (χ4v) is 4.00. The van der Waals surface area contributed by atoms with Crippen LogP contribution < -0.4 is 0 Å². The molecule has 8 heteroatoms.